The molecular formula is C18H24N2. The van der Waals surface area contributed by atoms with Crippen molar-refractivity contribution in [3.8, 4) is 0 Å². The largest absolute Gasteiger partial charge is 0.309 e. The quantitative estimate of drug-likeness (QED) is 0.910. The molecule has 0 aliphatic rings. The predicted octanol–water partition coefficient (Wildman–Crippen LogP) is 4.00. The van der Waals surface area contributed by atoms with E-state index in [4.69, 9.17) is 0 Å². The Kier molecular flexibility index (Phi) is 4.24. The molecule has 2 heteroatoms. The number of nitrogens with zero attached hydrogens (tertiary/aromatic N) is 1. The Balaban J connectivity index is 2.33. The van der Waals surface area contributed by atoms with E-state index < -0.39 is 0 Å². The highest BCUT2D eigenvalue weighted by Crippen LogP contribution is 2.26. The van der Waals surface area contributed by atoms with E-state index in [1.807, 2.05) is 20.2 Å². The fraction of sp³-hybridized carbons (Fsp3) is 0.389. The minimum Gasteiger partial charge on any atom is -0.309 e. The Labute approximate surface area is 122 Å². The molecule has 1 aromatic carbocycles. The third-order valence-corrected chi connectivity index (χ3v) is 3.65. The molecule has 2 nitrogen and oxygen atoms in total. The van der Waals surface area contributed by atoms with Crippen LogP contribution in [-0.4, -0.2) is 12.0 Å². The van der Waals surface area contributed by atoms with Crippen LogP contribution in [0.25, 0.3) is 0 Å². The first-order chi connectivity index (χ1) is 9.41. The number of benzene rings is 1. The van der Waals surface area contributed by atoms with Crippen molar-refractivity contribution in [3.63, 3.8) is 0 Å². The summed E-state index contributed by atoms with van der Waals surface area (Å²) in [6.07, 6.45) is 1.87. The van der Waals surface area contributed by atoms with E-state index in [0.29, 0.717) is 0 Å². The number of rotatable bonds is 3. The molecule has 1 atom stereocenters. The molecule has 0 aliphatic carbocycles. The van der Waals surface area contributed by atoms with Crippen LogP contribution in [0.15, 0.2) is 42.6 Å². The van der Waals surface area contributed by atoms with Crippen molar-refractivity contribution in [1.29, 1.82) is 0 Å². The molecular weight excluding hydrogens is 244 g/mol. The molecule has 106 valence electrons. The normalized spacial score (nSPS) is 13.2. The Morgan fingerprint density at radius 1 is 1.00 bits per heavy atom. The molecule has 1 aromatic heterocycles. The summed E-state index contributed by atoms with van der Waals surface area (Å²) in [5.41, 5.74) is 5.15. The molecule has 0 fully saturated rings. The van der Waals surface area contributed by atoms with Crippen molar-refractivity contribution in [2.24, 2.45) is 0 Å². The molecule has 2 aromatic rings. The van der Waals surface area contributed by atoms with Crippen molar-refractivity contribution in [3.05, 3.63) is 65.0 Å². The van der Waals surface area contributed by atoms with E-state index >= 15 is 0 Å². The summed E-state index contributed by atoms with van der Waals surface area (Å²) >= 11 is 0. The minimum absolute atomic E-state index is 0.195. The summed E-state index contributed by atoms with van der Waals surface area (Å²) in [6.45, 7) is 8.75. The number of aromatic nitrogens is 1. The molecule has 2 rings (SSSR count). The van der Waals surface area contributed by atoms with Gasteiger partial charge in [-0.1, -0.05) is 45.0 Å². The SMILES string of the molecule is CNC(c1ccc(C(C)(C)C)cc1)c1ccnc(C)c1. The van der Waals surface area contributed by atoms with E-state index in [1.165, 1.54) is 16.7 Å². The lowest BCUT2D eigenvalue weighted by atomic mass is 9.86. The third kappa shape index (κ3) is 3.26. The van der Waals surface area contributed by atoms with Gasteiger partial charge in [0.2, 0.25) is 0 Å². The van der Waals surface area contributed by atoms with E-state index in [9.17, 15) is 0 Å². The number of hydrogen-bond donors (Lipinski definition) is 1. The van der Waals surface area contributed by atoms with Crippen LogP contribution in [0.2, 0.25) is 0 Å². The average molecular weight is 268 g/mol. The van der Waals surface area contributed by atoms with Crippen LogP contribution < -0.4 is 5.32 Å². The lowest BCUT2D eigenvalue weighted by Gasteiger charge is -2.22. The summed E-state index contributed by atoms with van der Waals surface area (Å²) in [4.78, 5) is 4.27. The molecule has 0 saturated carbocycles. The first-order valence-corrected chi connectivity index (χ1v) is 7.12. The lowest BCUT2D eigenvalue weighted by molar-refractivity contribution is 0.589. The zero-order valence-corrected chi connectivity index (χ0v) is 13.1. The third-order valence-electron chi connectivity index (χ3n) is 3.65. The van der Waals surface area contributed by atoms with Gasteiger partial charge in [-0.2, -0.15) is 0 Å². The fourth-order valence-electron chi connectivity index (χ4n) is 2.45. The maximum Gasteiger partial charge on any atom is 0.0575 e. The Bertz CT molecular complexity index is 565. The topological polar surface area (TPSA) is 24.9 Å². The molecule has 20 heavy (non-hydrogen) atoms. The minimum atomic E-state index is 0.195. The Hall–Kier alpha value is -1.67. The fourth-order valence-corrected chi connectivity index (χ4v) is 2.45. The second kappa shape index (κ2) is 5.76. The zero-order chi connectivity index (χ0) is 14.8. The average Bonchev–Trinajstić information content (AvgIpc) is 2.39. The van der Waals surface area contributed by atoms with Crippen LogP contribution in [0.4, 0.5) is 0 Å². The van der Waals surface area contributed by atoms with Crippen LogP contribution in [-0.2, 0) is 5.41 Å². The van der Waals surface area contributed by atoms with Crippen LogP contribution in [0.5, 0.6) is 0 Å². The first-order valence-electron chi connectivity index (χ1n) is 7.12. The van der Waals surface area contributed by atoms with Gasteiger partial charge in [-0.05, 0) is 48.2 Å². The van der Waals surface area contributed by atoms with Gasteiger partial charge in [0.05, 0.1) is 6.04 Å². The molecule has 0 saturated heterocycles. The Morgan fingerprint density at radius 2 is 1.65 bits per heavy atom. The summed E-state index contributed by atoms with van der Waals surface area (Å²) in [7, 11) is 2.00. The van der Waals surface area contributed by atoms with E-state index in [-0.39, 0.29) is 11.5 Å². The lowest BCUT2D eigenvalue weighted by Crippen LogP contribution is -2.18. The van der Waals surface area contributed by atoms with Crippen LogP contribution >= 0.6 is 0 Å². The summed E-state index contributed by atoms with van der Waals surface area (Å²) in [5, 5.41) is 3.39. The van der Waals surface area contributed by atoms with Gasteiger partial charge in [0.15, 0.2) is 0 Å². The van der Waals surface area contributed by atoms with Crippen molar-refractivity contribution in [1.82, 2.24) is 10.3 Å². The maximum absolute atomic E-state index is 4.27. The first kappa shape index (κ1) is 14.7. The van der Waals surface area contributed by atoms with Crippen LogP contribution in [0, 0.1) is 6.92 Å². The number of aryl methyl sites for hydroxylation is 1. The molecule has 0 amide bonds. The van der Waals surface area contributed by atoms with Crippen LogP contribution in [0.3, 0.4) is 0 Å². The highest BCUT2D eigenvalue weighted by Gasteiger charge is 2.16. The van der Waals surface area contributed by atoms with Crippen molar-refractivity contribution in [2.45, 2.75) is 39.2 Å². The standard InChI is InChI=1S/C18H24N2/c1-13-12-15(10-11-20-13)17(19-5)14-6-8-16(9-7-14)18(2,3)4/h6-12,17,19H,1-5H3. The van der Waals surface area contributed by atoms with Crippen LogP contribution in [0.1, 0.15) is 49.2 Å². The second-order valence-electron chi connectivity index (χ2n) is 6.32. The van der Waals surface area contributed by atoms with Gasteiger partial charge in [0.25, 0.3) is 0 Å². The van der Waals surface area contributed by atoms with E-state index in [1.54, 1.807) is 0 Å². The summed E-state index contributed by atoms with van der Waals surface area (Å²) in [6, 6.07) is 13.3. The van der Waals surface area contributed by atoms with Gasteiger partial charge in [-0.3, -0.25) is 4.98 Å². The number of nitrogens with one attached hydrogen (secondary N) is 1. The maximum atomic E-state index is 4.27. The molecule has 0 spiro atoms. The molecule has 0 bridgehead atoms. The zero-order valence-electron chi connectivity index (χ0n) is 13.1. The van der Waals surface area contributed by atoms with Crippen molar-refractivity contribution >= 4 is 0 Å². The van der Waals surface area contributed by atoms with Gasteiger partial charge >= 0.3 is 0 Å². The summed E-state index contributed by atoms with van der Waals surface area (Å²) < 4.78 is 0. The van der Waals surface area contributed by atoms with E-state index in [2.05, 4.69) is 67.5 Å². The number of hydrogen-bond acceptors (Lipinski definition) is 2. The number of pyridine rings is 1. The highest BCUT2D eigenvalue weighted by molar-refractivity contribution is 5.35. The predicted molar refractivity (Wildman–Crippen MR) is 85.0 cm³/mol. The molecule has 0 radical (unpaired) electrons. The van der Waals surface area contributed by atoms with Gasteiger partial charge in [-0.25, -0.2) is 0 Å². The molecule has 1 unspecified atom stereocenters. The second-order valence-corrected chi connectivity index (χ2v) is 6.32. The van der Waals surface area contributed by atoms with E-state index in [0.717, 1.165) is 5.69 Å². The molecule has 0 aliphatic heterocycles. The monoisotopic (exact) mass is 268 g/mol. The van der Waals surface area contributed by atoms with Gasteiger partial charge in [0, 0.05) is 11.9 Å². The van der Waals surface area contributed by atoms with Crippen molar-refractivity contribution < 1.29 is 0 Å². The Morgan fingerprint density at radius 3 is 2.15 bits per heavy atom. The highest BCUT2D eigenvalue weighted by atomic mass is 14.9. The van der Waals surface area contributed by atoms with Gasteiger partial charge < -0.3 is 5.32 Å². The van der Waals surface area contributed by atoms with Gasteiger partial charge in [-0.15, -0.1) is 0 Å². The van der Waals surface area contributed by atoms with Gasteiger partial charge in [0.1, 0.15) is 0 Å². The summed E-state index contributed by atoms with van der Waals surface area (Å²) in [5.74, 6) is 0. The molecule has 1 heterocycles. The smallest absolute Gasteiger partial charge is 0.0575 e. The van der Waals surface area contributed by atoms with Crippen molar-refractivity contribution in [2.75, 3.05) is 7.05 Å². The molecule has 1 N–H and O–H groups in total.